The summed E-state index contributed by atoms with van der Waals surface area (Å²) in [6, 6.07) is 116. The number of hydrogen-bond acceptors (Lipinski definition) is 9. The second-order valence-corrected chi connectivity index (χ2v) is 52.0. The van der Waals surface area contributed by atoms with Gasteiger partial charge in [-0.25, -0.2) is 0 Å². The zero-order valence-corrected chi connectivity index (χ0v) is 85.0. The van der Waals surface area contributed by atoms with Gasteiger partial charge < -0.3 is 22.8 Å². The molecule has 0 bridgehead atoms. The van der Waals surface area contributed by atoms with E-state index in [9.17, 15) is 0 Å². The quantitative estimate of drug-likeness (QED) is 0.0272. The van der Waals surface area contributed by atoms with E-state index in [1.807, 2.05) is 0 Å². The molecule has 2 fully saturated rings. The topological polar surface area (TPSA) is 46.6 Å². The zero-order valence-electron chi connectivity index (χ0n) is 79.0. The summed E-state index contributed by atoms with van der Waals surface area (Å²) >= 11 is 18.0. The molecule has 1 spiro atoms. The van der Waals surface area contributed by atoms with E-state index in [-0.39, 0.29) is 58.9 Å². The number of rotatable bonds is 42. The Morgan fingerprint density at radius 3 is 0.760 bits per heavy atom. The van der Waals surface area contributed by atoms with Crippen molar-refractivity contribution in [3.05, 3.63) is 382 Å². The molecule has 0 amide bonds. The summed E-state index contributed by atoms with van der Waals surface area (Å²) in [7, 11) is 0. The van der Waals surface area contributed by atoms with Crippen molar-refractivity contribution in [3.63, 3.8) is 0 Å². The molecule has 12 aromatic rings. The molecule has 0 radical (unpaired) electrons. The van der Waals surface area contributed by atoms with Gasteiger partial charge in [0.1, 0.15) is 6.48 Å². The Hall–Kier alpha value is -7.69. The molecule has 0 aliphatic carbocycles. The predicted molar refractivity (Wildman–Crippen MR) is 567 cm³/mol. The van der Waals surface area contributed by atoms with Crippen molar-refractivity contribution in [2.24, 2.45) is 5.41 Å². The normalized spacial score (nSPS) is 17.0. The highest BCUT2D eigenvalue weighted by Crippen LogP contribution is 2.69. The van der Waals surface area contributed by atoms with Crippen LogP contribution in [0.25, 0.3) is 11.1 Å². The summed E-state index contributed by atoms with van der Waals surface area (Å²) in [5.41, 5.74) is 21.2. The van der Waals surface area contributed by atoms with Crippen LogP contribution in [0.5, 0.6) is 0 Å². The van der Waals surface area contributed by atoms with Crippen LogP contribution in [-0.2, 0) is 74.2 Å². The molecule has 0 atom stereocenters. The van der Waals surface area contributed by atoms with Crippen molar-refractivity contribution in [1.82, 2.24) is 0 Å². The van der Waals surface area contributed by atoms with Crippen LogP contribution in [0.15, 0.2) is 315 Å². The lowest BCUT2D eigenvalue weighted by Crippen LogP contribution is -2.47. The third-order valence-corrected chi connectivity index (χ3v) is 41.1. The van der Waals surface area contributed by atoms with Gasteiger partial charge in [0.2, 0.25) is 0 Å². The van der Waals surface area contributed by atoms with E-state index in [1.54, 1.807) is 0 Å². The van der Waals surface area contributed by atoms with E-state index < -0.39 is 25.2 Å². The molecule has 7 nitrogen and oxygen atoms in total. The van der Waals surface area contributed by atoms with Crippen LogP contribution in [0.3, 0.4) is 0 Å². The highest BCUT2D eigenvalue weighted by molar-refractivity contribution is 8.88. The zero-order chi connectivity index (χ0) is 90.9. The van der Waals surface area contributed by atoms with Gasteiger partial charge in [-0.3, -0.25) is 9.34 Å². The first-order chi connectivity index (χ1) is 62.1. The lowest BCUT2D eigenvalue weighted by Gasteiger charge is -2.49. The fourth-order valence-corrected chi connectivity index (χ4v) is 31.7. The first-order valence-electron chi connectivity index (χ1n) is 47.4. The Labute approximate surface area is 794 Å². The Kier molecular flexibility index (Phi) is 32.9. The third-order valence-electron chi connectivity index (χ3n) is 27.7. The molecular weight excluding hydrogens is 1710 g/mol. The molecule has 2 heterocycles. The Morgan fingerprint density at radius 2 is 0.488 bits per heavy atom. The van der Waals surface area contributed by atoms with Crippen molar-refractivity contribution >= 4 is 100 Å². The fourth-order valence-electron chi connectivity index (χ4n) is 18.2. The van der Waals surface area contributed by atoms with Crippen LogP contribution in [-0.4, -0.2) is 37.9 Å². The molecule has 2 aliphatic rings. The first-order valence-corrected chi connectivity index (χ1v) is 57.1. The summed E-state index contributed by atoms with van der Waals surface area (Å²) in [5, 5.41) is 0. The van der Waals surface area contributed by atoms with E-state index >= 15 is 0 Å². The van der Waals surface area contributed by atoms with Crippen LogP contribution in [0.1, 0.15) is 266 Å². The van der Waals surface area contributed by atoms with Crippen LogP contribution >= 0.6 is 42.5 Å². The highest BCUT2D eigenvalue weighted by Gasteiger charge is 2.50. The minimum Gasteiger partial charge on any atom is -0.313 e. The van der Waals surface area contributed by atoms with Gasteiger partial charge in [-0.1, -0.05) is 429 Å². The van der Waals surface area contributed by atoms with E-state index in [0.29, 0.717) is 0 Å². The maximum Gasteiger partial charge on any atom is 0.294 e. The molecule has 0 unspecified atom stereocenters. The summed E-state index contributed by atoms with van der Waals surface area (Å²) in [4.78, 5) is 0. The van der Waals surface area contributed by atoms with E-state index in [0.717, 1.165) is 22.7 Å². The highest BCUT2D eigenvalue weighted by atomic mass is 33.1. The van der Waals surface area contributed by atoms with Crippen molar-refractivity contribution < 1.29 is 18.1 Å². The largest absolute Gasteiger partial charge is 0.313 e. The summed E-state index contributed by atoms with van der Waals surface area (Å²) < 4.78 is 35.5. The molecular formula is C115H138N3O4P3S4. The summed E-state index contributed by atoms with van der Waals surface area (Å²) in [5.74, 6) is 2.37. The van der Waals surface area contributed by atoms with Gasteiger partial charge in [-0.05, 0) is 199 Å². The molecule has 0 N–H and O–H groups in total. The number of anilines is 6. The molecule has 14 rings (SSSR count). The maximum absolute atomic E-state index is 7.16. The van der Waals surface area contributed by atoms with Crippen molar-refractivity contribution in [3.8, 4) is 11.1 Å². The van der Waals surface area contributed by atoms with Gasteiger partial charge in [0.05, 0.1) is 31.8 Å². The minimum absolute atomic E-state index is 0.127. The molecule has 0 saturated carbocycles. The Morgan fingerprint density at radius 1 is 0.264 bits per heavy atom. The molecule has 2 saturated heterocycles. The van der Waals surface area contributed by atoms with Crippen LogP contribution in [0.4, 0.5) is 34.1 Å². The SMILES string of the molecule is CCCCCCCCCCSP(SCCCCCCCCCC)N(c1ccc(C(C)(C)c2ccccc2)cc1)c1ccc(C(C)(C)c2ccc(-c3cccc(C(C)(C)c4ccc(N(c5ccc(C(C)(C)c6ccccc6)cc5)P5(=S)OCC6(COP(=S)(N(c7ccc(C(C)(C)c8ccccc8)cc7)c7ccc(C(C)(C)c8ccccc8)cc7)OC6)CO5)cc4)c3)cc2)cc1. The Bertz CT molecular complexity index is 5480. The minimum atomic E-state index is -3.31. The number of benzene rings is 12. The lowest BCUT2D eigenvalue weighted by atomic mass is 9.76. The molecule has 0 aromatic heterocycles. The van der Waals surface area contributed by atoms with Crippen LogP contribution in [0.2, 0.25) is 0 Å². The van der Waals surface area contributed by atoms with Gasteiger partial charge in [-0.2, -0.15) is 0 Å². The summed E-state index contributed by atoms with van der Waals surface area (Å²) in [6.07, 6.45) is 21.4. The third kappa shape index (κ3) is 23.0. The monoisotopic (exact) mass is 1850 g/mol. The van der Waals surface area contributed by atoms with Gasteiger partial charge >= 0.3 is 0 Å². The molecule has 12 aromatic carbocycles. The predicted octanol–water partition coefficient (Wildman–Crippen LogP) is 34.9. The van der Waals surface area contributed by atoms with E-state index in [2.05, 4.69) is 449 Å². The van der Waals surface area contributed by atoms with Crippen molar-refractivity contribution in [2.75, 3.05) is 51.9 Å². The van der Waals surface area contributed by atoms with Gasteiger partial charge in [0.25, 0.3) is 13.3 Å². The van der Waals surface area contributed by atoms with Gasteiger partial charge in [0, 0.05) is 66.6 Å². The fraction of sp³-hybridized carbons (Fsp3) is 0.374. The van der Waals surface area contributed by atoms with Crippen LogP contribution in [0, 0.1) is 5.41 Å². The average Bonchev–Trinajstić information content (AvgIpc) is 0.750. The second kappa shape index (κ2) is 43.5. The molecule has 129 heavy (non-hydrogen) atoms. The van der Waals surface area contributed by atoms with Crippen molar-refractivity contribution in [1.29, 1.82) is 0 Å². The average molecular weight is 1850 g/mol. The standard InChI is InChI=1S/C115H138N3O4P3S4/c1-15-17-19-21-23-25-27-41-82-128-123(129-83-42-28-26-24-22-20-18-16-2)116(103-70-58-96(59-71-103)109(3,4)91-45-33-29-34-46-91)104-72-60-97(61-73-104)113(11,12)95-56-54-89(55-57-95)90-44-43-53-102(84-90)114(13,14)101-68-80-108(81-69-101)118(107-78-66-100(67-79-107)112(9,10)94-51-39-32-40-52-94)125(127)121-87-115(88-122-125)85-119-124(126,120-86-115)117(105-74-62-98(63-75-105)110(5,6)92-47-35-30-36-48-92)106-76-64-99(65-77-106)111(7,8)93-49-37-31-38-50-93/h29-40,43-81,84H,15-28,41-42,82-83,85-88H2,1-14H3. The summed E-state index contributed by atoms with van der Waals surface area (Å²) in [6.45, 7) is 26.2. The number of nitrogens with zero attached hydrogens (tertiary/aromatic N) is 3. The maximum atomic E-state index is 7.16. The van der Waals surface area contributed by atoms with E-state index in [4.69, 9.17) is 41.7 Å². The number of hydrogen-bond donors (Lipinski definition) is 0. The number of unbranched alkanes of at least 4 members (excludes halogenated alkanes) is 14. The lowest BCUT2D eigenvalue weighted by molar-refractivity contribution is -0.0545. The van der Waals surface area contributed by atoms with Gasteiger partial charge in [0.15, 0.2) is 0 Å². The molecule has 2 aliphatic heterocycles. The second-order valence-electron chi connectivity index (χ2n) is 39.0. The van der Waals surface area contributed by atoms with E-state index in [1.165, 1.54) is 204 Å². The van der Waals surface area contributed by atoms with Crippen LogP contribution < -0.4 is 14.0 Å². The molecule has 14 heteroatoms. The van der Waals surface area contributed by atoms with Gasteiger partial charge in [-0.15, -0.1) is 22.8 Å². The Balaban J connectivity index is 0.693. The first kappa shape index (κ1) is 97.3. The molecule has 676 valence electrons. The smallest absolute Gasteiger partial charge is 0.294 e. The van der Waals surface area contributed by atoms with Crippen molar-refractivity contribution in [2.45, 2.75) is 232 Å².